The minimum Gasteiger partial charge on any atom is -0.372 e. The molecule has 2 amide bonds. The number of hydrogen-bond donors (Lipinski definition) is 3. The van der Waals surface area contributed by atoms with Gasteiger partial charge in [0.15, 0.2) is 0 Å². The van der Waals surface area contributed by atoms with E-state index in [-0.39, 0.29) is 33.3 Å². The Morgan fingerprint density at radius 2 is 1.44 bits per heavy atom. The lowest BCUT2D eigenvalue weighted by Crippen LogP contribution is -2.20. The zero-order chi connectivity index (χ0) is 29.3. The molecule has 0 unspecified atom stereocenters. The summed E-state index contributed by atoms with van der Waals surface area (Å²) in [6.07, 6.45) is 2.16. The Morgan fingerprint density at radius 3 is 1.95 bits per heavy atom. The van der Waals surface area contributed by atoms with Crippen LogP contribution in [0.5, 0.6) is 0 Å². The first kappa shape index (κ1) is 29.8. The average Bonchev–Trinajstić information content (AvgIpc) is 2.83. The minimum absolute atomic E-state index is 0.0763. The molecule has 0 radical (unpaired) electrons. The van der Waals surface area contributed by atoms with Gasteiger partial charge in [0.2, 0.25) is 15.0 Å². The lowest BCUT2D eigenvalue weighted by atomic mass is 9.79. The van der Waals surface area contributed by atoms with Gasteiger partial charge in [-0.15, -0.1) is 0 Å². The van der Waals surface area contributed by atoms with Crippen LogP contribution in [0.15, 0.2) is 47.8 Å². The molecule has 10 heteroatoms. The van der Waals surface area contributed by atoms with Crippen molar-refractivity contribution >= 4 is 38.8 Å². The predicted molar refractivity (Wildman–Crippen MR) is 156 cm³/mol. The van der Waals surface area contributed by atoms with Gasteiger partial charge in [-0.05, 0) is 58.7 Å². The fourth-order valence-electron chi connectivity index (χ4n) is 3.75. The Kier molecular flexibility index (Phi) is 8.21. The number of nitrogens with one attached hydrogen (secondary N) is 3. The first-order valence-corrected chi connectivity index (χ1v) is 14.4. The summed E-state index contributed by atoms with van der Waals surface area (Å²) in [6.45, 7) is 14.5. The second-order valence-corrected chi connectivity index (χ2v) is 13.6. The van der Waals surface area contributed by atoms with E-state index in [2.05, 4.69) is 73.5 Å². The van der Waals surface area contributed by atoms with Crippen LogP contribution in [0.4, 0.5) is 17.2 Å². The molecule has 0 bridgehead atoms. The molecule has 3 rings (SSSR count). The predicted octanol–water partition coefficient (Wildman–Crippen LogP) is 5.33. The van der Waals surface area contributed by atoms with Crippen molar-refractivity contribution in [2.75, 3.05) is 29.3 Å². The van der Waals surface area contributed by atoms with E-state index in [1.54, 1.807) is 18.2 Å². The third kappa shape index (κ3) is 7.20. The van der Waals surface area contributed by atoms with Gasteiger partial charge in [-0.2, -0.15) is 0 Å². The highest BCUT2D eigenvalue weighted by Crippen LogP contribution is 2.31. The number of nitrogens with zero attached hydrogens (tertiary/aromatic N) is 2. The molecule has 1 aromatic heterocycles. The van der Waals surface area contributed by atoms with Crippen LogP contribution in [-0.2, 0) is 20.7 Å². The molecule has 0 atom stereocenters. The first-order valence-electron chi connectivity index (χ1n) is 12.5. The van der Waals surface area contributed by atoms with E-state index in [1.807, 2.05) is 19.1 Å². The van der Waals surface area contributed by atoms with Gasteiger partial charge in [-0.1, -0.05) is 53.7 Å². The van der Waals surface area contributed by atoms with Crippen molar-refractivity contribution < 1.29 is 18.0 Å². The largest absolute Gasteiger partial charge is 0.372 e. The maximum absolute atomic E-state index is 13.3. The Labute approximate surface area is 230 Å². The number of hydrogen-bond acceptors (Lipinski definition) is 7. The molecule has 39 heavy (non-hydrogen) atoms. The standard InChI is InChI=1S/C29H37N5O4S/c1-17-10-11-21(32-25(35)18-12-19(28(2,3)4)14-20(13-18)29(5,6)7)15-23(17)33-26(36)22-16-31-27(39(9,37)38)34-24(22)30-8/h10-16H,1-9H3,(H,32,35)(H,33,36)(H,30,31,34). The van der Waals surface area contributed by atoms with Crippen LogP contribution >= 0.6 is 0 Å². The number of benzene rings is 2. The summed E-state index contributed by atoms with van der Waals surface area (Å²) < 4.78 is 23.6. The molecule has 3 N–H and O–H groups in total. The average molecular weight is 552 g/mol. The molecular weight excluding hydrogens is 514 g/mol. The molecule has 0 aliphatic rings. The summed E-state index contributed by atoms with van der Waals surface area (Å²) >= 11 is 0. The van der Waals surface area contributed by atoms with Crippen LogP contribution < -0.4 is 16.0 Å². The van der Waals surface area contributed by atoms with Gasteiger partial charge in [0.05, 0.1) is 0 Å². The van der Waals surface area contributed by atoms with Crippen LogP contribution in [0.2, 0.25) is 0 Å². The normalized spacial score (nSPS) is 12.1. The number of rotatable bonds is 6. The van der Waals surface area contributed by atoms with E-state index in [9.17, 15) is 18.0 Å². The van der Waals surface area contributed by atoms with E-state index in [0.29, 0.717) is 16.9 Å². The van der Waals surface area contributed by atoms with Crippen molar-refractivity contribution in [3.63, 3.8) is 0 Å². The summed E-state index contributed by atoms with van der Waals surface area (Å²) in [5, 5.41) is 8.12. The third-order valence-corrected chi connectivity index (χ3v) is 7.11. The van der Waals surface area contributed by atoms with E-state index in [0.717, 1.165) is 22.9 Å². The van der Waals surface area contributed by atoms with Gasteiger partial charge in [0.1, 0.15) is 11.4 Å². The SMILES string of the molecule is CNc1nc(S(C)(=O)=O)ncc1C(=O)Nc1cc(NC(=O)c2cc(C(C)(C)C)cc(C(C)(C)C)c2)ccc1C. The number of carbonyl (C=O) groups is 2. The summed E-state index contributed by atoms with van der Waals surface area (Å²) in [6, 6.07) is 11.2. The summed E-state index contributed by atoms with van der Waals surface area (Å²) in [5.74, 6) is -0.702. The second kappa shape index (κ2) is 10.8. The van der Waals surface area contributed by atoms with E-state index < -0.39 is 15.7 Å². The zero-order valence-electron chi connectivity index (χ0n) is 24.0. The van der Waals surface area contributed by atoms with Gasteiger partial charge in [-0.3, -0.25) is 9.59 Å². The second-order valence-electron chi connectivity index (χ2n) is 11.7. The molecule has 0 aliphatic heterocycles. The molecule has 9 nitrogen and oxygen atoms in total. The van der Waals surface area contributed by atoms with Crippen LogP contribution in [0.3, 0.4) is 0 Å². The lowest BCUT2D eigenvalue weighted by molar-refractivity contribution is 0.101. The molecule has 208 valence electrons. The molecule has 3 aromatic rings. The number of amides is 2. The highest BCUT2D eigenvalue weighted by molar-refractivity contribution is 7.90. The fourth-order valence-corrected chi connectivity index (χ4v) is 4.25. The van der Waals surface area contributed by atoms with E-state index in [1.165, 1.54) is 13.2 Å². The zero-order valence-corrected chi connectivity index (χ0v) is 24.8. The summed E-state index contributed by atoms with van der Waals surface area (Å²) in [4.78, 5) is 34.2. The van der Waals surface area contributed by atoms with Crippen molar-refractivity contribution in [1.82, 2.24) is 9.97 Å². The molecule has 0 spiro atoms. The van der Waals surface area contributed by atoms with Crippen LogP contribution in [0.25, 0.3) is 0 Å². The Balaban J connectivity index is 1.90. The number of anilines is 3. The quantitative estimate of drug-likeness (QED) is 0.353. The monoisotopic (exact) mass is 551 g/mol. The smallest absolute Gasteiger partial charge is 0.261 e. The van der Waals surface area contributed by atoms with Crippen LogP contribution in [0.1, 0.15) is 78.9 Å². The van der Waals surface area contributed by atoms with Crippen LogP contribution in [-0.4, -0.2) is 43.5 Å². The molecule has 0 saturated heterocycles. The number of carbonyl (C=O) groups excluding carboxylic acids is 2. The van der Waals surface area contributed by atoms with Crippen molar-refractivity contribution in [1.29, 1.82) is 0 Å². The maximum atomic E-state index is 13.3. The van der Waals surface area contributed by atoms with Crippen molar-refractivity contribution in [2.24, 2.45) is 0 Å². The Hall–Kier alpha value is -3.79. The highest BCUT2D eigenvalue weighted by Gasteiger charge is 2.23. The molecular formula is C29H37N5O4S. The van der Waals surface area contributed by atoms with Gasteiger partial charge in [0.25, 0.3) is 11.8 Å². The molecule has 2 aromatic carbocycles. The fraction of sp³-hybridized carbons (Fsp3) is 0.379. The van der Waals surface area contributed by atoms with Gasteiger partial charge >= 0.3 is 0 Å². The summed E-state index contributed by atoms with van der Waals surface area (Å²) in [5.41, 5.74) is 4.27. The van der Waals surface area contributed by atoms with Crippen molar-refractivity contribution in [3.05, 3.63) is 70.4 Å². The third-order valence-electron chi connectivity index (χ3n) is 6.25. The van der Waals surface area contributed by atoms with Crippen molar-refractivity contribution in [3.8, 4) is 0 Å². The van der Waals surface area contributed by atoms with Gasteiger partial charge in [0, 0.05) is 36.4 Å². The first-order chi connectivity index (χ1) is 17.9. The molecule has 0 fully saturated rings. The van der Waals surface area contributed by atoms with E-state index in [4.69, 9.17) is 0 Å². The number of aryl methyl sites for hydroxylation is 1. The Bertz CT molecular complexity index is 1500. The Morgan fingerprint density at radius 1 is 0.846 bits per heavy atom. The summed E-state index contributed by atoms with van der Waals surface area (Å²) in [7, 11) is -2.11. The van der Waals surface area contributed by atoms with Crippen molar-refractivity contribution in [2.45, 2.75) is 64.5 Å². The molecule has 0 aliphatic carbocycles. The minimum atomic E-state index is -3.64. The highest BCUT2D eigenvalue weighted by atomic mass is 32.2. The van der Waals surface area contributed by atoms with Crippen LogP contribution in [0, 0.1) is 6.92 Å². The van der Waals surface area contributed by atoms with Gasteiger partial charge < -0.3 is 16.0 Å². The molecule has 0 saturated carbocycles. The van der Waals surface area contributed by atoms with E-state index >= 15 is 0 Å². The number of sulfone groups is 1. The lowest BCUT2D eigenvalue weighted by Gasteiger charge is -2.26. The maximum Gasteiger partial charge on any atom is 0.261 e. The van der Waals surface area contributed by atoms with Gasteiger partial charge in [-0.25, -0.2) is 18.4 Å². The topological polar surface area (TPSA) is 130 Å². The number of aromatic nitrogens is 2. The molecule has 1 heterocycles.